The Balaban J connectivity index is 0.00000420. The smallest absolute Gasteiger partial charge is 0.194 e. The quantitative estimate of drug-likeness (QED) is 0.300. The van der Waals surface area contributed by atoms with Crippen LogP contribution in [0.1, 0.15) is 41.8 Å². The zero-order chi connectivity index (χ0) is 20.5. The summed E-state index contributed by atoms with van der Waals surface area (Å²) in [6.45, 7) is 7.63. The Morgan fingerprint density at radius 3 is 2.66 bits per heavy atom. The van der Waals surface area contributed by atoms with Crippen LogP contribution >= 0.6 is 35.3 Å². The third kappa shape index (κ3) is 8.19. The first kappa shape index (κ1) is 25.8. The summed E-state index contributed by atoms with van der Waals surface area (Å²) < 4.78 is 5.35. The number of thiazole rings is 1. The topological polar surface area (TPSA) is 53.0 Å². The number of benzene rings is 1. The Bertz CT molecular complexity index is 767. The summed E-state index contributed by atoms with van der Waals surface area (Å²) in [5, 5.41) is 6.54. The first-order valence-corrected chi connectivity index (χ1v) is 10.5. The van der Waals surface area contributed by atoms with Crippen LogP contribution in [0, 0.1) is 0 Å². The zero-order valence-corrected chi connectivity index (χ0v) is 21.5. The van der Waals surface area contributed by atoms with E-state index in [1.165, 1.54) is 11.1 Å². The number of aliphatic imine (C=N–C) groups is 1. The summed E-state index contributed by atoms with van der Waals surface area (Å²) in [4.78, 5) is 13.5. The van der Waals surface area contributed by atoms with Crippen molar-refractivity contribution in [2.24, 2.45) is 4.99 Å². The number of nitrogens with one attached hydrogen (secondary N) is 1. The van der Waals surface area contributed by atoms with E-state index >= 15 is 0 Å². The molecule has 0 spiro atoms. The molecule has 162 valence electrons. The van der Waals surface area contributed by atoms with Gasteiger partial charge in [0.1, 0.15) is 11.1 Å². The van der Waals surface area contributed by atoms with Crippen molar-refractivity contribution in [2.45, 2.75) is 39.6 Å². The first-order chi connectivity index (χ1) is 13.5. The zero-order valence-electron chi connectivity index (χ0n) is 18.3. The van der Waals surface area contributed by atoms with E-state index < -0.39 is 0 Å². The second-order valence-corrected chi connectivity index (χ2v) is 7.85. The lowest BCUT2D eigenvalue weighted by molar-refractivity contribution is 0.119. The molecule has 0 aliphatic heterocycles. The van der Waals surface area contributed by atoms with Gasteiger partial charge in [-0.25, -0.2) is 4.98 Å². The highest BCUT2D eigenvalue weighted by Crippen LogP contribution is 2.21. The van der Waals surface area contributed by atoms with Crippen molar-refractivity contribution in [1.29, 1.82) is 0 Å². The summed E-state index contributed by atoms with van der Waals surface area (Å²) >= 11 is 1.63. The summed E-state index contributed by atoms with van der Waals surface area (Å²) in [6.07, 6.45) is 0.0283. The SMILES string of the molecule is CCN(C)Cc1cccc(CNC(=NC)N(C)Cc2csc(C(C)OC)n2)c1.I. The standard InChI is InChI=1S/C21H33N5OS.HI/c1-7-25(4)13-18-10-8-9-17(11-18)12-23-21(22-3)26(5)14-19-15-28-20(24-19)16(2)27-6;/h8-11,15-16H,7,12-14H2,1-6H3,(H,22,23);1H. The summed E-state index contributed by atoms with van der Waals surface area (Å²) in [5.74, 6) is 0.852. The second-order valence-electron chi connectivity index (χ2n) is 6.96. The van der Waals surface area contributed by atoms with Crippen molar-refractivity contribution in [3.05, 3.63) is 51.5 Å². The van der Waals surface area contributed by atoms with E-state index in [1.807, 2.05) is 21.0 Å². The lowest BCUT2D eigenvalue weighted by Crippen LogP contribution is -2.38. The maximum atomic E-state index is 5.35. The maximum absolute atomic E-state index is 5.35. The molecule has 2 aromatic rings. The highest BCUT2D eigenvalue weighted by atomic mass is 127. The number of hydrogen-bond acceptors (Lipinski definition) is 5. The van der Waals surface area contributed by atoms with E-state index in [1.54, 1.807) is 18.4 Å². The van der Waals surface area contributed by atoms with E-state index in [4.69, 9.17) is 4.74 Å². The van der Waals surface area contributed by atoms with Crippen LogP contribution in [0.3, 0.4) is 0 Å². The van der Waals surface area contributed by atoms with Crippen molar-refractivity contribution in [3.8, 4) is 0 Å². The number of hydrogen-bond donors (Lipinski definition) is 1. The highest BCUT2D eigenvalue weighted by Gasteiger charge is 2.12. The average molecular weight is 532 g/mol. The van der Waals surface area contributed by atoms with Gasteiger partial charge in [0, 0.05) is 39.7 Å². The van der Waals surface area contributed by atoms with Gasteiger partial charge in [-0.3, -0.25) is 4.99 Å². The van der Waals surface area contributed by atoms with Gasteiger partial charge in [-0.05, 0) is 31.6 Å². The normalized spacial score (nSPS) is 12.6. The van der Waals surface area contributed by atoms with E-state index in [-0.39, 0.29) is 30.1 Å². The third-order valence-corrected chi connectivity index (χ3v) is 5.73. The van der Waals surface area contributed by atoms with Crippen LogP contribution in [-0.2, 0) is 24.4 Å². The van der Waals surface area contributed by atoms with Crippen LogP contribution in [0.4, 0.5) is 0 Å². The fourth-order valence-corrected chi connectivity index (χ4v) is 3.67. The minimum absolute atomic E-state index is 0. The molecule has 1 N–H and O–H groups in total. The molecule has 1 aromatic heterocycles. The predicted octanol–water partition coefficient (Wildman–Crippen LogP) is 4.13. The van der Waals surface area contributed by atoms with E-state index in [2.05, 4.69) is 68.7 Å². The minimum atomic E-state index is 0. The van der Waals surface area contributed by atoms with Crippen LogP contribution in [-0.4, -0.2) is 55.5 Å². The number of methoxy groups -OCH3 is 1. The summed E-state index contributed by atoms with van der Waals surface area (Å²) in [5.41, 5.74) is 3.61. The average Bonchev–Trinajstić information content (AvgIpc) is 3.16. The van der Waals surface area contributed by atoms with Crippen LogP contribution in [0.15, 0.2) is 34.6 Å². The van der Waals surface area contributed by atoms with Crippen LogP contribution in [0.5, 0.6) is 0 Å². The van der Waals surface area contributed by atoms with E-state index in [0.29, 0.717) is 6.54 Å². The van der Waals surface area contributed by atoms with Gasteiger partial charge in [0.15, 0.2) is 5.96 Å². The molecule has 1 heterocycles. The van der Waals surface area contributed by atoms with Gasteiger partial charge in [0.05, 0.1) is 12.2 Å². The van der Waals surface area contributed by atoms with Gasteiger partial charge in [-0.2, -0.15) is 0 Å². The van der Waals surface area contributed by atoms with Crippen LogP contribution < -0.4 is 5.32 Å². The van der Waals surface area contributed by atoms with Crippen molar-refractivity contribution in [3.63, 3.8) is 0 Å². The predicted molar refractivity (Wildman–Crippen MR) is 133 cm³/mol. The molecular weight excluding hydrogens is 497 g/mol. The van der Waals surface area contributed by atoms with Crippen LogP contribution in [0.25, 0.3) is 0 Å². The monoisotopic (exact) mass is 531 g/mol. The number of guanidine groups is 1. The Morgan fingerprint density at radius 2 is 2.00 bits per heavy atom. The minimum Gasteiger partial charge on any atom is -0.375 e. The van der Waals surface area contributed by atoms with Crippen molar-refractivity contribution in [2.75, 3.05) is 34.8 Å². The molecular formula is C21H34IN5OS. The Kier molecular flexibility index (Phi) is 11.7. The van der Waals surface area contributed by atoms with Gasteiger partial charge >= 0.3 is 0 Å². The molecule has 0 bridgehead atoms. The number of aromatic nitrogens is 1. The van der Waals surface area contributed by atoms with E-state index in [9.17, 15) is 0 Å². The number of halogens is 1. The molecule has 29 heavy (non-hydrogen) atoms. The maximum Gasteiger partial charge on any atom is 0.194 e. The second kappa shape index (κ2) is 13.1. The molecule has 1 unspecified atom stereocenters. The fourth-order valence-electron chi connectivity index (χ4n) is 2.83. The molecule has 2 rings (SSSR count). The van der Waals surface area contributed by atoms with Crippen molar-refractivity contribution >= 4 is 41.3 Å². The Hall–Kier alpha value is -1.23. The molecule has 6 nitrogen and oxygen atoms in total. The molecule has 0 aliphatic rings. The molecule has 0 fully saturated rings. The molecule has 0 saturated heterocycles. The molecule has 0 radical (unpaired) electrons. The van der Waals surface area contributed by atoms with Crippen LogP contribution in [0.2, 0.25) is 0 Å². The molecule has 0 aliphatic carbocycles. The summed E-state index contributed by atoms with van der Waals surface area (Å²) in [7, 11) is 7.68. The molecule has 1 aromatic carbocycles. The number of rotatable bonds is 9. The highest BCUT2D eigenvalue weighted by molar-refractivity contribution is 14.0. The van der Waals surface area contributed by atoms with Gasteiger partial charge in [0.2, 0.25) is 0 Å². The van der Waals surface area contributed by atoms with Gasteiger partial charge < -0.3 is 19.9 Å². The van der Waals surface area contributed by atoms with Gasteiger partial charge in [-0.15, -0.1) is 35.3 Å². The Labute approximate surface area is 196 Å². The largest absolute Gasteiger partial charge is 0.375 e. The molecule has 1 atom stereocenters. The lowest BCUT2D eigenvalue weighted by Gasteiger charge is -2.21. The summed E-state index contributed by atoms with van der Waals surface area (Å²) in [6, 6.07) is 8.70. The third-order valence-electron chi connectivity index (χ3n) is 4.68. The molecule has 0 saturated carbocycles. The molecule has 8 heteroatoms. The molecule has 0 amide bonds. The van der Waals surface area contributed by atoms with Crippen molar-refractivity contribution < 1.29 is 4.74 Å². The van der Waals surface area contributed by atoms with Crippen molar-refractivity contribution in [1.82, 2.24) is 20.1 Å². The number of ether oxygens (including phenoxy) is 1. The van der Waals surface area contributed by atoms with Gasteiger partial charge in [0.25, 0.3) is 0 Å². The fraction of sp³-hybridized carbons (Fsp3) is 0.524. The van der Waals surface area contributed by atoms with Gasteiger partial charge in [-0.1, -0.05) is 31.2 Å². The first-order valence-electron chi connectivity index (χ1n) is 9.62. The Morgan fingerprint density at radius 1 is 1.28 bits per heavy atom. The van der Waals surface area contributed by atoms with E-state index in [0.717, 1.165) is 36.3 Å². The lowest BCUT2D eigenvalue weighted by atomic mass is 10.1. The number of nitrogens with zero attached hydrogens (tertiary/aromatic N) is 4.